The SMILES string of the molecule is O=C(COC(=O)c1cc(-c2cccs2)nn1-c1ccccc1)Nc1cc(F)ccc1F. The van der Waals surface area contributed by atoms with Crippen molar-refractivity contribution in [2.75, 3.05) is 11.9 Å². The Morgan fingerprint density at radius 1 is 1.03 bits per heavy atom. The van der Waals surface area contributed by atoms with Crippen molar-refractivity contribution < 1.29 is 23.1 Å². The second kappa shape index (κ2) is 8.88. The molecular weight excluding hydrogens is 424 g/mol. The highest BCUT2D eigenvalue weighted by molar-refractivity contribution is 7.13. The van der Waals surface area contributed by atoms with Gasteiger partial charge in [0.2, 0.25) is 0 Å². The first-order chi connectivity index (χ1) is 15.0. The summed E-state index contributed by atoms with van der Waals surface area (Å²) in [5.74, 6) is -3.10. The van der Waals surface area contributed by atoms with Gasteiger partial charge >= 0.3 is 5.97 Å². The van der Waals surface area contributed by atoms with E-state index in [0.29, 0.717) is 11.4 Å². The lowest BCUT2D eigenvalue weighted by Gasteiger charge is -2.09. The average molecular weight is 439 g/mol. The van der Waals surface area contributed by atoms with Crippen molar-refractivity contribution in [3.05, 3.63) is 89.4 Å². The maximum absolute atomic E-state index is 13.7. The lowest BCUT2D eigenvalue weighted by atomic mass is 10.3. The number of anilines is 1. The number of para-hydroxylation sites is 1. The molecule has 2 aromatic carbocycles. The van der Waals surface area contributed by atoms with Gasteiger partial charge in [-0.05, 0) is 35.7 Å². The molecule has 4 aromatic rings. The molecule has 0 fully saturated rings. The summed E-state index contributed by atoms with van der Waals surface area (Å²) in [6.07, 6.45) is 0. The number of esters is 1. The highest BCUT2D eigenvalue weighted by atomic mass is 32.1. The Hall–Kier alpha value is -3.85. The van der Waals surface area contributed by atoms with Crippen molar-refractivity contribution in [3.8, 4) is 16.3 Å². The van der Waals surface area contributed by atoms with Crippen LogP contribution in [0.15, 0.2) is 72.1 Å². The number of ether oxygens (including phenoxy) is 1. The summed E-state index contributed by atoms with van der Waals surface area (Å²) >= 11 is 1.47. The Morgan fingerprint density at radius 2 is 1.84 bits per heavy atom. The van der Waals surface area contributed by atoms with Gasteiger partial charge in [-0.15, -0.1) is 11.3 Å². The number of nitrogens with zero attached hydrogens (tertiary/aromatic N) is 2. The molecule has 9 heteroatoms. The molecule has 1 amide bonds. The first-order valence-electron chi connectivity index (χ1n) is 9.12. The average Bonchev–Trinajstić information content (AvgIpc) is 3.45. The second-order valence-electron chi connectivity index (χ2n) is 6.39. The predicted octanol–water partition coefficient (Wildman–Crippen LogP) is 4.67. The molecular formula is C22H15F2N3O3S. The van der Waals surface area contributed by atoms with Crippen LogP contribution in [0.3, 0.4) is 0 Å². The molecule has 2 aromatic heterocycles. The molecule has 0 saturated carbocycles. The van der Waals surface area contributed by atoms with Gasteiger partial charge in [0.1, 0.15) is 17.3 Å². The quantitative estimate of drug-likeness (QED) is 0.443. The molecule has 0 atom stereocenters. The smallest absolute Gasteiger partial charge is 0.357 e. The summed E-state index contributed by atoms with van der Waals surface area (Å²) < 4.78 is 33.4. The van der Waals surface area contributed by atoms with Gasteiger partial charge in [-0.25, -0.2) is 18.3 Å². The van der Waals surface area contributed by atoms with Crippen LogP contribution < -0.4 is 5.32 Å². The maximum atomic E-state index is 13.7. The van der Waals surface area contributed by atoms with Crippen LogP contribution in [-0.4, -0.2) is 28.3 Å². The van der Waals surface area contributed by atoms with E-state index >= 15 is 0 Å². The van der Waals surface area contributed by atoms with E-state index in [1.165, 1.54) is 16.0 Å². The monoisotopic (exact) mass is 439 g/mol. The Morgan fingerprint density at radius 3 is 2.58 bits per heavy atom. The van der Waals surface area contributed by atoms with Crippen molar-refractivity contribution in [1.82, 2.24) is 9.78 Å². The lowest BCUT2D eigenvalue weighted by Crippen LogP contribution is -2.22. The third kappa shape index (κ3) is 4.67. The van der Waals surface area contributed by atoms with Gasteiger partial charge in [-0.2, -0.15) is 5.10 Å². The molecule has 156 valence electrons. The molecule has 0 saturated heterocycles. The minimum atomic E-state index is -0.804. The lowest BCUT2D eigenvalue weighted by molar-refractivity contribution is -0.119. The summed E-state index contributed by atoms with van der Waals surface area (Å²) in [4.78, 5) is 25.6. The first kappa shape index (κ1) is 20.4. The fraction of sp³-hybridized carbons (Fsp3) is 0.0455. The van der Waals surface area contributed by atoms with Crippen LogP contribution in [0.4, 0.5) is 14.5 Å². The minimum absolute atomic E-state index is 0.124. The third-order valence-electron chi connectivity index (χ3n) is 4.23. The van der Waals surface area contributed by atoms with Gasteiger partial charge < -0.3 is 10.1 Å². The highest BCUT2D eigenvalue weighted by Gasteiger charge is 2.20. The fourth-order valence-electron chi connectivity index (χ4n) is 2.82. The van der Waals surface area contributed by atoms with Crippen LogP contribution >= 0.6 is 11.3 Å². The van der Waals surface area contributed by atoms with Crippen LogP contribution in [0.1, 0.15) is 10.5 Å². The van der Waals surface area contributed by atoms with E-state index in [-0.39, 0.29) is 11.4 Å². The number of thiophene rings is 1. The summed E-state index contributed by atoms with van der Waals surface area (Å²) in [6.45, 7) is -0.677. The largest absolute Gasteiger partial charge is 0.451 e. The van der Waals surface area contributed by atoms with E-state index in [9.17, 15) is 18.4 Å². The standard InChI is InChI=1S/C22H15F2N3O3S/c23-14-8-9-16(24)17(11-14)25-21(28)13-30-22(29)19-12-18(20-7-4-10-31-20)26-27(19)15-5-2-1-3-6-15/h1-12H,13H2,(H,25,28). The van der Waals surface area contributed by atoms with Gasteiger partial charge in [0.25, 0.3) is 5.91 Å². The van der Waals surface area contributed by atoms with Crippen LogP contribution in [0.2, 0.25) is 0 Å². The second-order valence-corrected chi connectivity index (χ2v) is 7.34. The molecule has 0 unspecified atom stereocenters. The van der Waals surface area contributed by atoms with Crippen molar-refractivity contribution in [2.45, 2.75) is 0 Å². The van der Waals surface area contributed by atoms with Crippen molar-refractivity contribution in [2.24, 2.45) is 0 Å². The van der Waals surface area contributed by atoms with Crippen molar-refractivity contribution >= 4 is 28.9 Å². The van der Waals surface area contributed by atoms with Crippen molar-refractivity contribution in [3.63, 3.8) is 0 Å². The molecule has 0 aliphatic rings. The van der Waals surface area contributed by atoms with Crippen LogP contribution in [0.5, 0.6) is 0 Å². The Labute approximate surface area is 179 Å². The zero-order valence-electron chi connectivity index (χ0n) is 15.9. The van der Waals surface area contributed by atoms with E-state index in [1.807, 2.05) is 23.6 Å². The van der Waals surface area contributed by atoms with Gasteiger partial charge in [0.15, 0.2) is 12.3 Å². The zero-order valence-corrected chi connectivity index (χ0v) is 16.7. The molecule has 0 radical (unpaired) electrons. The van der Waals surface area contributed by atoms with Crippen LogP contribution in [-0.2, 0) is 9.53 Å². The summed E-state index contributed by atoms with van der Waals surface area (Å²) in [7, 11) is 0. The molecule has 0 spiro atoms. The summed E-state index contributed by atoms with van der Waals surface area (Å²) in [6, 6.07) is 17.0. The van der Waals surface area contributed by atoms with E-state index in [1.54, 1.807) is 30.3 Å². The molecule has 0 aliphatic carbocycles. The normalized spacial score (nSPS) is 10.6. The Kier molecular flexibility index (Phi) is 5.85. The molecule has 4 rings (SSSR count). The molecule has 2 heterocycles. The number of aromatic nitrogens is 2. The zero-order chi connectivity index (χ0) is 21.8. The predicted molar refractivity (Wildman–Crippen MR) is 112 cm³/mol. The number of carbonyl (C=O) groups excluding carboxylic acids is 2. The molecule has 6 nitrogen and oxygen atoms in total. The fourth-order valence-corrected chi connectivity index (χ4v) is 3.50. The van der Waals surface area contributed by atoms with Gasteiger partial charge in [0, 0.05) is 12.1 Å². The number of amides is 1. The number of halogens is 2. The number of benzene rings is 2. The number of nitrogens with one attached hydrogen (secondary N) is 1. The molecule has 1 N–H and O–H groups in total. The Balaban J connectivity index is 1.52. The van der Waals surface area contributed by atoms with E-state index < -0.39 is 30.1 Å². The third-order valence-corrected chi connectivity index (χ3v) is 5.12. The van der Waals surface area contributed by atoms with Gasteiger partial charge in [-0.3, -0.25) is 4.79 Å². The molecule has 31 heavy (non-hydrogen) atoms. The summed E-state index contributed by atoms with van der Waals surface area (Å²) in [5.41, 5.74) is 1.01. The van der Waals surface area contributed by atoms with E-state index in [4.69, 9.17) is 4.74 Å². The number of rotatable bonds is 6. The molecule has 0 aliphatic heterocycles. The number of hydrogen-bond donors (Lipinski definition) is 1. The van der Waals surface area contributed by atoms with Gasteiger partial charge in [0.05, 0.1) is 16.3 Å². The van der Waals surface area contributed by atoms with Crippen LogP contribution in [0.25, 0.3) is 16.3 Å². The minimum Gasteiger partial charge on any atom is -0.451 e. The summed E-state index contributed by atoms with van der Waals surface area (Å²) in [5, 5.41) is 8.57. The Bertz CT molecular complexity index is 1220. The highest BCUT2D eigenvalue weighted by Crippen LogP contribution is 2.26. The first-order valence-corrected chi connectivity index (χ1v) is 10.0. The van der Waals surface area contributed by atoms with Crippen LogP contribution in [0, 0.1) is 11.6 Å². The van der Waals surface area contributed by atoms with Gasteiger partial charge in [-0.1, -0.05) is 24.3 Å². The van der Waals surface area contributed by atoms with Crippen molar-refractivity contribution in [1.29, 1.82) is 0 Å². The number of hydrogen-bond acceptors (Lipinski definition) is 5. The van der Waals surface area contributed by atoms with E-state index in [2.05, 4.69) is 10.4 Å². The van der Waals surface area contributed by atoms with E-state index in [0.717, 1.165) is 23.1 Å². The maximum Gasteiger partial charge on any atom is 0.357 e. The number of carbonyl (C=O) groups is 2. The molecule has 0 bridgehead atoms. The topological polar surface area (TPSA) is 73.2 Å².